The summed E-state index contributed by atoms with van der Waals surface area (Å²) in [5, 5.41) is 12.8. The third kappa shape index (κ3) is 3.30. The van der Waals surface area contributed by atoms with Crippen LogP contribution in [0.4, 0.5) is 0 Å². The lowest BCUT2D eigenvalue weighted by atomic mass is 10.2. The van der Waals surface area contributed by atoms with Crippen LogP contribution in [-0.4, -0.2) is 58.5 Å². The minimum Gasteiger partial charge on any atom is -0.480 e. The lowest BCUT2D eigenvalue weighted by molar-refractivity contribution is -0.137. The first-order valence-electron chi connectivity index (χ1n) is 5.46. The van der Waals surface area contributed by atoms with Crippen molar-refractivity contribution in [1.82, 2.24) is 14.7 Å². The first-order valence-corrected chi connectivity index (χ1v) is 5.46. The van der Waals surface area contributed by atoms with Crippen LogP contribution in [-0.2, 0) is 16.6 Å². The van der Waals surface area contributed by atoms with Gasteiger partial charge in [-0.1, -0.05) is 0 Å². The average Bonchev–Trinajstić information content (AvgIpc) is 2.64. The summed E-state index contributed by atoms with van der Waals surface area (Å²) in [6.45, 7) is 1.93. The Kier molecular flexibility index (Phi) is 4.85. The van der Waals surface area contributed by atoms with Crippen molar-refractivity contribution in [2.45, 2.75) is 6.92 Å². The first-order chi connectivity index (χ1) is 8.47. The standard InChI is InChI=1S/C11H17N3O4/c1-8-9(6-12-13(8)2)11(17)14(4-5-18-3)7-10(15)16/h6H,4-5,7H2,1-3H3,(H,15,16). The van der Waals surface area contributed by atoms with E-state index in [4.69, 9.17) is 9.84 Å². The molecule has 0 spiro atoms. The number of nitrogens with zero attached hydrogens (tertiary/aromatic N) is 3. The van der Waals surface area contributed by atoms with Gasteiger partial charge in [0.25, 0.3) is 5.91 Å². The number of hydrogen-bond acceptors (Lipinski definition) is 4. The number of methoxy groups -OCH3 is 1. The van der Waals surface area contributed by atoms with Gasteiger partial charge in [-0.15, -0.1) is 0 Å². The van der Waals surface area contributed by atoms with Crippen LogP contribution in [0.1, 0.15) is 16.1 Å². The van der Waals surface area contributed by atoms with Gasteiger partial charge in [-0.3, -0.25) is 14.3 Å². The van der Waals surface area contributed by atoms with E-state index in [0.29, 0.717) is 17.9 Å². The number of carbonyl (C=O) groups is 2. The van der Waals surface area contributed by atoms with Crippen LogP contribution in [0.5, 0.6) is 0 Å². The number of carboxylic acid groups (broad SMARTS) is 1. The molecule has 0 aromatic carbocycles. The Bertz CT molecular complexity index is 441. The third-order valence-electron chi connectivity index (χ3n) is 2.64. The SMILES string of the molecule is COCCN(CC(=O)O)C(=O)c1cnn(C)c1C. The van der Waals surface area contributed by atoms with Gasteiger partial charge < -0.3 is 14.7 Å². The maximum atomic E-state index is 12.2. The van der Waals surface area contributed by atoms with Gasteiger partial charge in [0.2, 0.25) is 0 Å². The van der Waals surface area contributed by atoms with E-state index in [-0.39, 0.29) is 19.0 Å². The highest BCUT2D eigenvalue weighted by Crippen LogP contribution is 2.09. The molecule has 0 saturated carbocycles. The molecule has 0 bridgehead atoms. The van der Waals surface area contributed by atoms with E-state index in [1.807, 2.05) is 0 Å². The zero-order valence-electron chi connectivity index (χ0n) is 10.7. The van der Waals surface area contributed by atoms with E-state index in [2.05, 4.69) is 5.10 Å². The maximum Gasteiger partial charge on any atom is 0.323 e. The van der Waals surface area contributed by atoms with Crippen molar-refractivity contribution < 1.29 is 19.4 Å². The second-order valence-electron chi connectivity index (χ2n) is 3.88. The maximum absolute atomic E-state index is 12.2. The van der Waals surface area contributed by atoms with Crippen molar-refractivity contribution in [3.63, 3.8) is 0 Å². The molecule has 0 saturated heterocycles. The van der Waals surface area contributed by atoms with Gasteiger partial charge in [-0.05, 0) is 6.92 Å². The highest BCUT2D eigenvalue weighted by Gasteiger charge is 2.21. The van der Waals surface area contributed by atoms with E-state index < -0.39 is 5.97 Å². The van der Waals surface area contributed by atoms with Crippen molar-refractivity contribution in [2.24, 2.45) is 7.05 Å². The van der Waals surface area contributed by atoms with Gasteiger partial charge in [0.15, 0.2) is 0 Å². The van der Waals surface area contributed by atoms with E-state index in [1.54, 1.807) is 18.7 Å². The molecule has 1 amide bonds. The fourth-order valence-corrected chi connectivity index (χ4v) is 1.50. The van der Waals surface area contributed by atoms with Crippen molar-refractivity contribution in [2.75, 3.05) is 26.8 Å². The summed E-state index contributed by atoms with van der Waals surface area (Å²) in [7, 11) is 3.22. The number of carbonyl (C=O) groups excluding carboxylic acids is 1. The fourth-order valence-electron chi connectivity index (χ4n) is 1.50. The zero-order chi connectivity index (χ0) is 13.7. The summed E-state index contributed by atoms with van der Waals surface area (Å²) in [5.41, 5.74) is 1.11. The van der Waals surface area contributed by atoms with Gasteiger partial charge in [0, 0.05) is 26.4 Å². The molecule has 0 atom stereocenters. The van der Waals surface area contributed by atoms with Crippen molar-refractivity contribution in [1.29, 1.82) is 0 Å². The second-order valence-corrected chi connectivity index (χ2v) is 3.88. The number of rotatable bonds is 6. The number of aliphatic carboxylic acids is 1. The number of carboxylic acids is 1. The van der Waals surface area contributed by atoms with Crippen LogP contribution in [0.3, 0.4) is 0 Å². The molecule has 7 nitrogen and oxygen atoms in total. The highest BCUT2D eigenvalue weighted by molar-refractivity contribution is 5.96. The Morgan fingerprint density at radius 3 is 2.67 bits per heavy atom. The van der Waals surface area contributed by atoms with Crippen LogP contribution in [0, 0.1) is 6.92 Å². The van der Waals surface area contributed by atoms with Crippen LogP contribution in [0.2, 0.25) is 0 Å². The highest BCUT2D eigenvalue weighted by atomic mass is 16.5. The van der Waals surface area contributed by atoms with Crippen LogP contribution >= 0.6 is 0 Å². The topological polar surface area (TPSA) is 84.7 Å². The van der Waals surface area contributed by atoms with Gasteiger partial charge in [0.05, 0.1) is 18.4 Å². The Morgan fingerprint density at radius 2 is 2.22 bits per heavy atom. The molecule has 1 rings (SSSR count). The summed E-state index contributed by atoms with van der Waals surface area (Å²) in [6, 6.07) is 0. The molecule has 1 aromatic rings. The summed E-state index contributed by atoms with van der Waals surface area (Å²) < 4.78 is 6.44. The molecule has 0 aliphatic heterocycles. The predicted octanol–water partition coefficient (Wildman–Crippen LogP) is -0.0983. The Hall–Kier alpha value is -1.89. The van der Waals surface area contributed by atoms with Gasteiger partial charge in [0.1, 0.15) is 6.54 Å². The Balaban J connectivity index is 2.87. The molecule has 1 N–H and O–H groups in total. The molecule has 18 heavy (non-hydrogen) atoms. The molecule has 1 heterocycles. The lowest BCUT2D eigenvalue weighted by Gasteiger charge is -2.19. The van der Waals surface area contributed by atoms with Gasteiger partial charge >= 0.3 is 5.97 Å². The third-order valence-corrected chi connectivity index (χ3v) is 2.64. The monoisotopic (exact) mass is 255 g/mol. The molecule has 0 radical (unpaired) electrons. The van der Waals surface area contributed by atoms with E-state index in [0.717, 1.165) is 0 Å². The molecular formula is C11H17N3O4. The lowest BCUT2D eigenvalue weighted by Crippen LogP contribution is -2.38. The molecule has 0 unspecified atom stereocenters. The molecule has 100 valence electrons. The number of hydrogen-bond donors (Lipinski definition) is 1. The minimum absolute atomic E-state index is 0.232. The number of aryl methyl sites for hydroxylation is 1. The summed E-state index contributed by atoms with van der Waals surface area (Å²) in [4.78, 5) is 24.1. The molecule has 7 heteroatoms. The smallest absolute Gasteiger partial charge is 0.323 e. The van der Waals surface area contributed by atoms with Crippen LogP contribution < -0.4 is 0 Å². The van der Waals surface area contributed by atoms with E-state index >= 15 is 0 Å². The quantitative estimate of drug-likeness (QED) is 0.767. The number of amides is 1. The molecule has 0 aliphatic rings. The molecule has 1 aromatic heterocycles. The van der Waals surface area contributed by atoms with Crippen LogP contribution in [0.15, 0.2) is 6.20 Å². The molecule has 0 fully saturated rings. The summed E-state index contributed by atoms with van der Waals surface area (Å²) >= 11 is 0. The number of ether oxygens (including phenoxy) is 1. The number of aromatic nitrogens is 2. The van der Waals surface area contributed by atoms with E-state index in [1.165, 1.54) is 18.2 Å². The Labute approximate surface area is 105 Å². The van der Waals surface area contributed by atoms with Crippen molar-refractivity contribution in [3.05, 3.63) is 17.5 Å². The fraction of sp³-hybridized carbons (Fsp3) is 0.545. The Morgan fingerprint density at radius 1 is 1.56 bits per heavy atom. The van der Waals surface area contributed by atoms with Gasteiger partial charge in [-0.25, -0.2) is 0 Å². The van der Waals surface area contributed by atoms with Gasteiger partial charge in [-0.2, -0.15) is 5.10 Å². The largest absolute Gasteiger partial charge is 0.480 e. The van der Waals surface area contributed by atoms with E-state index in [9.17, 15) is 9.59 Å². The minimum atomic E-state index is -1.05. The summed E-state index contributed by atoms with van der Waals surface area (Å²) in [6.07, 6.45) is 1.44. The molecular weight excluding hydrogens is 238 g/mol. The second kappa shape index (κ2) is 6.15. The normalized spacial score (nSPS) is 10.4. The van der Waals surface area contributed by atoms with Crippen molar-refractivity contribution in [3.8, 4) is 0 Å². The van der Waals surface area contributed by atoms with Crippen LogP contribution in [0.25, 0.3) is 0 Å². The van der Waals surface area contributed by atoms with Crippen molar-refractivity contribution >= 4 is 11.9 Å². The predicted molar refractivity (Wildman–Crippen MR) is 63.4 cm³/mol. The molecule has 0 aliphatic carbocycles. The first kappa shape index (κ1) is 14.2. The summed E-state index contributed by atoms with van der Waals surface area (Å²) in [5.74, 6) is -1.40. The zero-order valence-corrected chi connectivity index (χ0v) is 10.7. The average molecular weight is 255 g/mol.